The van der Waals surface area contributed by atoms with Crippen molar-refractivity contribution >= 4 is 12.1 Å². The number of piperazine rings is 1. The normalized spacial score (nSPS) is 20.1. The van der Waals surface area contributed by atoms with E-state index in [0.717, 1.165) is 24.2 Å². The number of likely N-dealkylation sites (N-methyl/N-ethyl adjacent to an activating group) is 1. The first-order chi connectivity index (χ1) is 17.4. The molecule has 9 heteroatoms. The number of nitrogens with zero attached hydrogens (tertiary/aromatic N) is 2. The van der Waals surface area contributed by atoms with E-state index in [2.05, 4.69) is 4.90 Å². The number of rotatable bonds is 8. The van der Waals surface area contributed by atoms with Gasteiger partial charge in [0.2, 0.25) is 0 Å². The molecule has 2 unspecified atom stereocenters. The average molecular weight is 499 g/mol. The molecule has 2 aromatic rings. The largest absolute Gasteiger partial charge is 0.493 e. The summed E-state index contributed by atoms with van der Waals surface area (Å²) in [6.07, 6.45) is 0.789. The predicted octanol–water partition coefficient (Wildman–Crippen LogP) is 3.03. The van der Waals surface area contributed by atoms with Crippen LogP contribution in [-0.2, 0) is 22.4 Å². The molecule has 2 aromatic carbocycles. The van der Waals surface area contributed by atoms with Crippen molar-refractivity contribution in [1.82, 2.24) is 9.80 Å². The summed E-state index contributed by atoms with van der Waals surface area (Å²) >= 11 is 0. The van der Waals surface area contributed by atoms with Gasteiger partial charge in [-0.15, -0.1) is 0 Å². The number of cyclic esters (lactones) is 1. The van der Waals surface area contributed by atoms with Crippen LogP contribution in [0.4, 0.5) is 4.79 Å². The summed E-state index contributed by atoms with van der Waals surface area (Å²) in [4.78, 5) is 29.1. The molecule has 0 N–H and O–H groups in total. The zero-order chi connectivity index (χ0) is 25.7. The molecule has 2 heterocycles. The van der Waals surface area contributed by atoms with Crippen LogP contribution in [0.5, 0.6) is 23.0 Å². The number of methoxy groups -OCH3 is 3. The van der Waals surface area contributed by atoms with Crippen LogP contribution in [0.3, 0.4) is 0 Å². The molecule has 0 radical (unpaired) electrons. The summed E-state index contributed by atoms with van der Waals surface area (Å²) in [5, 5.41) is 0. The Hall–Kier alpha value is -3.46. The Morgan fingerprint density at radius 1 is 0.861 bits per heavy atom. The Morgan fingerprint density at radius 3 is 2.08 bits per heavy atom. The first-order valence-corrected chi connectivity index (χ1v) is 12.1. The fourth-order valence-corrected chi connectivity index (χ4v) is 4.69. The van der Waals surface area contributed by atoms with Gasteiger partial charge in [-0.2, -0.15) is 0 Å². The molecular formula is C27H34N2O7. The summed E-state index contributed by atoms with van der Waals surface area (Å²) in [5.74, 6) is 1.67. The molecule has 2 fully saturated rings. The van der Waals surface area contributed by atoms with Gasteiger partial charge in [-0.3, -0.25) is 4.79 Å². The highest BCUT2D eigenvalue weighted by molar-refractivity contribution is 5.75. The lowest BCUT2D eigenvalue weighted by Gasteiger charge is -2.31. The van der Waals surface area contributed by atoms with Crippen LogP contribution in [0.25, 0.3) is 0 Å². The van der Waals surface area contributed by atoms with Gasteiger partial charge in [0.05, 0.1) is 33.9 Å². The Kier molecular flexibility index (Phi) is 8.20. The number of hydrogen-bond donors (Lipinski definition) is 0. The lowest BCUT2D eigenvalue weighted by atomic mass is 9.85. The van der Waals surface area contributed by atoms with Gasteiger partial charge in [-0.1, -0.05) is 12.1 Å². The van der Waals surface area contributed by atoms with Gasteiger partial charge in [-0.25, -0.2) is 4.79 Å². The summed E-state index contributed by atoms with van der Waals surface area (Å²) in [6.45, 7) is 3.25. The number of carbonyl (C=O) groups excluding carboxylic acids is 2. The fourth-order valence-electron chi connectivity index (χ4n) is 4.69. The lowest BCUT2D eigenvalue weighted by Crippen LogP contribution is -2.48. The molecule has 194 valence electrons. The zero-order valence-corrected chi connectivity index (χ0v) is 21.3. The second-order valence-corrected chi connectivity index (χ2v) is 9.24. The van der Waals surface area contributed by atoms with Gasteiger partial charge in [0.15, 0.2) is 23.0 Å². The van der Waals surface area contributed by atoms with E-state index >= 15 is 0 Å². The Bertz CT molecular complexity index is 1080. The maximum atomic E-state index is 12.6. The third kappa shape index (κ3) is 5.84. The molecule has 2 atom stereocenters. The van der Waals surface area contributed by atoms with Crippen LogP contribution in [0.1, 0.15) is 11.1 Å². The maximum Gasteiger partial charge on any atom is 0.415 e. The van der Waals surface area contributed by atoms with E-state index in [1.54, 1.807) is 25.2 Å². The number of hydrogen-bond acceptors (Lipinski definition) is 8. The molecule has 36 heavy (non-hydrogen) atoms. The van der Waals surface area contributed by atoms with Crippen LogP contribution in [-0.4, -0.2) is 83.0 Å². The Morgan fingerprint density at radius 2 is 1.44 bits per heavy atom. The SMILES string of the molecule is COc1ccc(CC2COC(=O)C2Cc2ccc(OC(=O)N3CCN(C)CC3)c(OC)c2)cc1OC. The van der Waals surface area contributed by atoms with Gasteiger partial charge in [0.25, 0.3) is 0 Å². The molecule has 9 nitrogen and oxygen atoms in total. The molecule has 0 aromatic heterocycles. The van der Waals surface area contributed by atoms with E-state index in [1.165, 1.54) is 7.11 Å². The number of benzene rings is 2. The molecule has 2 aliphatic heterocycles. The smallest absolute Gasteiger partial charge is 0.415 e. The highest BCUT2D eigenvalue weighted by atomic mass is 16.6. The third-order valence-electron chi connectivity index (χ3n) is 6.90. The molecule has 2 saturated heterocycles. The Labute approximate surface area is 211 Å². The van der Waals surface area contributed by atoms with E-state index in [-0.39, 0.29) is 23.9 Å². The summed E-state index contributed by atoms with van der Waals surface area (Å²) < 4.78 is 27.3. The van der Waals surface area contributed by atoms with Crippen LogP contribution in [0.2, 0.25) is 0 Å². The second-order valence-electron chi connectivity index (χ2n) is 9.24. The topological polar surface area (TPSA) is 86.8 Å². The fraction of sp³-hybridized carbons (Fsp3) is 0.481. The van der Waals surface area contributed by atoms with Crippen molar-refractivity contribution in [2.24, 2.45) is 11.8 Å². The van der Waals surface area contributed by atoms with Crippen LogP contribution < -0.4 is 18.9 Å². The van der Waals surface area contributed by atoms with E-state index < -0.39 is 0 Å². The van der Waals surface area contributed by atoms with Crippen molar-refractivity contribution in [3.8, 4) is 23.0 Å². The highest BCUT2D eigenvalue weighted by Crippen LogP contribution is 2.35. The van der Waals surface area contributed by atoms with Crippen LogP contribution in [0.15, 0.2) is 36.4 Å². The quantitative estimate of drug-likeness (QED) is 0.514. The minimum Gasteiger partial charge on any atom is -0.493 e. The third-order valence-corrected chi connectivity index (χ3v) is 6.90. The zero-order valence-electron chi connectivity index (χ0n) is 21.3. The molecule has 0 aliphatic carbocycles. The van der Waals surface area contributed by atoms with E-state index in [4.69, 9.17) is 23.7 Å². The first kappa shape index (κ1) is 25.6. The van der Waals surface area contributed by atoms with Crippen molar-refractivity contribution in [3.63, 3.8) is 0 Å². The van der Waals surface area contributed by atoms with E-state index in [1.807, 2.05) is 37.4 Å². The molecule has 2 aliphatic rings. The molecule has 0 saturated carbocycles. The summed E-state index contributed by atoms with van der Waals surface area (Å²) in [6, 6.07) is 11.2. The highest BCUT2D eigenvalue weighted by Gasteiger charge is 2.37. The summed E-state index contributed by atoms with van der Waals surface area (Å²) in [5.41, 5.74) is 1.96. The van der Waals surface area contributed by atoms with Crippen LogP contribution in [0, 0.1) is 11.8 Å². The Balaban J connectivity index is 1.43. The average Bonchev–Trinajstić information content (AvgIpc) is 3.23. The molecule has 0 bridgehead atoms. The van der Waals surface area contributed by atoms with Gasteiger partial charge in [0, 0.05) is 32.1 Å². The minimum atomic E-state index is -0.386. The molecule has 0 spiro atoms. The summed E-state index contributed by atoms with van der Waals surface area (Å²) in [7, 11) is 6.77. The van der Waals surface area contributed by atoms with E-state index in [9.17, 15) is 9.59 Å². The van der Waals surface area contributed by atoms with Gasteiger partial charge >= 0.3 is 12.1 Å². The van der Waals surface area contributed by atoms with Gasteiger partial charge in [0.1, 0.15) is 0 Å². The molecule has 1 amide bonds. The van der Waals surface area contributed by atoms with Gasteiger partial charge in [-0.05, 0) is 55.3 Å². The number of carbonyl (C=O) groups is 2. The second kappa shape index (κ2) is 11.5. The van der Waals surface area contributed by atoms with Crippen molar-refractivity contribution in [1.29, 1.82) is 0 Å². The predicted molar refractivity (Wildman–Crippen MR) is 133 cm³/mol. The molecular weight excluding hydrogens is 464 g/mol. The van der Waals surface area contributed by atoms with E-state index in [0.29, 0.717) is 55.5 Å². The minimum absolute atomic E-state index is 0.0244. The van der Waals surface area contributed by atoms with Crippen molar-refractivity contribution in [2.45, 2.75) is 12.8 Å². The number of esters is 1. The van der Waals surface area contributed by atoms with Gasteiger partial charge < -0.3 is 33.5 Å². The monoisotopic (exact) mass is 498 g/mol. The lowest BCUT2D eigenvalue weighted by molar-refractivity contribution is -0.141. The first-order valence-electron chi connectivity index (χ1n) is 12.1. The standard InChI is InChI=1S/C27H34N2O7/c1-28-9-11-29(12-10-28)27(31)36-23-8-6-19(16-25(23)34-4)14-21-20(17-35-26(21)30)13-18-5-7-22(32-2)24(15-18)33-3/h5-8,15-16,20-21H,9-14,17H2,1-4H3. The van der Waals surface area contributed by atoms with Crippen molar-refractivity contribution < 1.29 is 33.3 Å². The number of ether oxygens (including phenoxy) is 5. The van der Waals surface area contributed by atoms with Crippen LogP contribution >= 0.6 is 0 Å². The molecule has 4 rings (SSSR count). The maximum absolute atomic E-state index is 12.6. The van der Waals surface area contributed by atoms with Crippen molar-refractivity contribution in [2.75, 3.05) is 61.2 Å². The van der Waals surface area contributed by atoms with Crippen molar-refractivity contribution in [3.05, 3.63) is 47.5 Å². The number of amides is 1.